The first-order chi connectivity index (χ1) is 8.33. The summed E-state index contributed by atoms with van der Waals surface area (Å²) in [6.07, 6.45) is 3.74. The molecule has 1 amide bonds. The van der Waals surface area contributed by atoms with Crippen LogP contribution in [0.2, 0.25) is 0 Å². The quantitative estimate of drug-likeness (QED) is 0.855. The van der Waals surface area contributed by atoms with Gasteiger partial charge in [0.25, 0.3) is 5.91 Å². The van der Waals surface area contributed by atoms with Gasteiger partial charge >= 0.3 is 0 Å². The number of hydrogen-bond donors (Lipinski definition) is 1. The first-order valence-corrected chi connectivity index (χ1v) is 6.25. The highest BCUT2D eigenvalue weighted by Gasteiger charge is 2.25. The lowest BCUT2D eigenvalue weighted by molar-refractivity contribution is 0.0650. The van der Waals surface area contributed by atoms with Gasteiger partial charge in [0.1, 0.15) is 5.69 Å². The number of rotatable bonds is 3. The molecule has 4 nitrogen and oxygen atoms in total. The van der Waals surface area contributed by atoms with Gasteiger partial charge in [0, 0.05) is 18.8 Å². The van der Waals surface area contributed by atoms with E-state index in [2.05, 4.69) is 10.3 Å². The first-order valence-electron chi connectivity index (χ1n) is 6.25. The molecular formula is C13H19N3O. The Hall–Kier alpha value is -1.42. The average Bonchev–Trinajstić information content (AvgIpc) is 2.42. The summed E-state index contributed by atoms with van der Waals surface area (Å²) in [6.45, 7) is 4.77. The maximum Gasteiger partial charge on any atom is 0.272 e. The number of amides is 1. The van der Waals surface area contributed by atoms with Crippen molar-refractivity contribution in [3.8, 4) is 0 Å². The van der Waals surface area contributed by atoms with Gasteiger partial charge in [-0.15, -0.1) is 0 Å². The minimum Gasteiger partial charge on any atom is -0.335 e. The Morgan fingerprint density at radius 3 is 2.82 bits per heavy atom. The summed E-state index contributed by atoms with van der Waals surface area (Å²) in [4.78, 5) is 18.4. The lowest BCUT2D eigenvalue weighted by Gasteiger charge is -2.33. The van der Waals surface area contributed by atoms with E-state index < -0.39 is 0 Å². The van der Waals surface area contributed by atoms with E-state index in [4.69, 9.17) is 0 Å². The van der Waals surface area contributed by atoms with Crippen LogP contribution in [0.4, 0.5) is 0 Å². The lowest BCUT2D eigenvalue weighted by atomic mass is 10.0. The van der Waals surface area contributed by atoms with Crippen LogP contribution in [0.1, 0.15) is 30.3 Å². The Morgan fingerprint density at radius 2 is 2.24 bits per heavy atom. The largest absolute Gasteiger partial charge is 0.335 e. The molecule has 17 heavy (non-hydrogen) atoms. The van der Waals surface area contributed by atoms with E-state index in [1.807, 2.05) is 24.0 Å². The van der Waals surface area contributed by atoms with E-state index in [0.29, 0.717) is 11.7 Å². The van der Waals surface area contributed by atoms with Crippen molar-refractivity contribution in [3.63, 3.8) is 0 Å². The molecule has 0 saturated carbocycles. The molecule has 4 heteroatoms. The number of aromatic nitrogens is 1. The minimum absolute atomic E-state index is 0.0556. The molecule has 1 aromatic heterocycles. The molecule has 1 fully saturated rings. The van der Waals surface area contributed by atoms with E-state index in [9.17, 15) is 4.79 Å². The van der Waals surface area contributed by atoms with Gasteiger partial charge in [-0.1, -0.05) is 6.07 Å². The molecule has 1 N–H and O–H groups in total. The van der Waals surface area contributed by atoms with Gasteiger partial charge in [0.2, 0.25) is 0 Å². The van der Waals surface area contributed by atoms with Gasteiger partial charge in [-0.3, -0.25) is 9.78 Å². The zero-order valence-corrected chi connectivity index (χ0v) is 10.2. The van der Waals surface area contributed by atoms with Gasteiger partial charge < -0.3 is 10.2 Å². The monoisotopic (exact) mass is 233 g/mol. The Kier molecular flexibility index (Phi) is 4.09. The van der Waals surface area contributed by atoms with Gasteiger partial charge in [-0.2, -0.15) is 0 Å². The van der Waals surface area contributed by atoms with Gasteiger partial charge in [0.15, 0.2) is 0 Å². The van der Waals surface area contributed by atoms with Crippen molar-refractivity contribution < 1.29 is 4.79 Å². The molecule has 1 aliphatic heterocycles. The number of pyridine rings is 1. The molecule has 1 saturated heterocycles. The number of carbonyl (C=O) groups is 1. The van der Waals surface area contributed by atoms with Crippen molar-refractivity contribution in [3.05, 3.63) is 30.1 Å². The predicted octanol–water partition coefficient (Wildman–Crippen LogP) is 1.30. The number of nitrogens with one attached hydrogen (secondary N) is 1. The number of carbonyl (C=O) groups excluding carboxylic acids is 1. The van der Waals surface area contributed by atoms with E-state index in [1.54, 1.807) is 12.3 Å². The molecule has 0 atom stereocenters. The second kappa shape index (κ2) is 5.77. The third-order valence-electron chi connectivity index (χ3n) is 3.24. The van der Waals surface area contributed by atoms with Crippen molar-refractivity contribution in [2.24, 2.45) is 0 Å². The fraction of sp³-hybridized carbons (Fsp3) is 0.538. The predicted molar refractivity (Wildman–Crippen MR) is 66.8 cm³/mol. The normalized spacial score (nSPS) is 16.8. The second-order valence-electron chi connectivity index (χ2n) is 4.29. The van der Waals surface area contributed by atoms with Crippen molar-refractivity contribution in [1.82, 2.24) is 15.2 Å². The van der Waals surface area contributed by atoms with E-state index in [-0.39, 0.29) is 5.91 Å². The molecule has 2 heterocycles. The molecule has 0 spiro atoms. The van der Waals surface area contributed by atoms with Crippen molar-refractivity contribution in [1.29, 1.82) is 0 Å². The lowest BCUT2D eigenvalue weighted by Crippen LogP contribution is -2.46. The summed E-state index contributed by atoms with van der Waals surface area (Å²) in [7, 11) is 0. The Balaban J connectivity index is 2.09. The third-order valence-corrected chi connectivity index (χ3v) is 3.24. The van der Waals surface area contributed by atoms with Crippen LogP contribution >= 0.6 is 0 Å². The van der Waals surface area contributed by atoms with Crippen LogP contribution in [0.15, 0.2) is 24.4 Å². The number of hydrogen-bond acceptors (Lipinski definition) is 3. The van der Waals surface area contributed by atoms with Gasteiger partial charge in [-0.25, -0.2) is 0 Å². The van der Waals surface area contributed by atoms with Crippen LogP contribution in [-0.2, 0) is 0 Å². The van der Waals surface area contributed by atoms with Crippen LogP contribution in [-0.4, -0.2) is 41.5 Å². The van der Waals surface area contributed by atoms with Crippen LogP contribution in [0.5, 0.6) is 0 Å². The van der Waals surface area contributed by atoms with Crippen molar-refractivity contribution in [2.45, 2.75) is 25.8 Å². The van der Waals surface area contributed by atoms with Crippen LogP contribution in [0.25, 0.3) is 0 Å². The second-order valence-corrected chi connectivity index (χ2v) is 4.29. The molecule has 1 aliphatic rings. The van der Waals surface area contributed by atoms with E-state index >= 15 is 0 Å². The molecular weight excluding hydrogens is 214 g/mol. The summed E-state index contributed by atoms with van der Waals surface area (Å²) in [5.74, 6) is 0.0556. The molecule has 0 unspecified atom stereocenters. The molecule has 0 radical (unpaired) electrons. The van der Waals surface area contributed by atoms with Crippen LogP contribution in [0.3, 0.4) is 0 Å². The maximum absolute atomic E-state index is 12.3. The Morgan fingerprint density at radius 1 is 1.47 bits per heavy atom. The Bertz CT molecular complexity index is 360. The number of nitrogens with zero attached hydrogens (tertiary/aromatic N) is 2. The van der Waals surface area contributed by atoms with Crippen LogP contribution < -0.4 is 5.32 Å². The zero-order valence-electron chi connectivity index (χ0n) is 10.2. The average molecular weight is 233 g/mol. The van der Waals surface area contributed by atoms with Crippen molar-refractivity contribution >= 4 is 5.91 Å². The molecule has 0 bridgehead atoms. The van der Waals surface area contributed by atoms with E-state index in [1.165, 1.54) is 0 Å². The highest BCUT2D eigenvalue weighted by Crippen LogP contribution is 2.14. The fourth-order valence-corrected chi connectivity index (χ4v) is 2.32. The van der Waals surface area contributed by atoms with E-state index in [0.717, 1.165) is 32.5 Å². The summed E-state index contributed by atoms with van der Waals surface area (Å²) in [5.41, 5.74) is 0.549. The maximum atomic E-state index is 12.3. The summed E-state index contributed by atoms with van der Waals surface area (Å²) in [5, 5.41) is 3.32. The van der Waals surface area contributed by atoms with Gasteiger partial charge in [0.05, 0.1) is 0 Å². The highest BCUT2D eigenvalue weighted by atomic mass is 16.2. The fourth-order valence-electron chi connectivity index (χ4n) is 2.32. The molecule has 2 rings (SSSR count). The smallest absolute Gasteiger partial charge is 0.272 e. The first kappa shape index (κ1) is 12.0. The molecule has 0 aliphatic carbocycles. The topological polar surface area (TPSA) is 45.2 Å². The highest BCUT2D eigenvalue weighted by molar-refractivity contribution is 5.92. The summed E-state index contributed by atoms with van der Waals surface area (Å²) >= 11 is 0. The van der Waals surface area contributed by atoms with Crippen LogP contribution in [0, 0.1) is 0 Å². The zero-order chi connectivity index (χ0) is 12.1. The molecule has 1 aromatic rings. The number of piperidine rings is 1. The Labute approximate surface area is 102 Å². The summed E-state index contributed by atoms with van der Waals surface area (Å²) in [6, 6.07) is 5.83. The third kappa shape index (κ3) is 2.82. The minimum atomic E-state index is 0.0556. The summed E-state index contributed by atoms with van der Waals surface area (Å²) < 4.78 is 0. The van der Waals surface area contributed by atoms with Crippen molar-refractivity contribution in [2.75, 3.05) is 19.6 Å². The molecule has 0 aromatic carbocycles. The van der Waals surface area contributed by atoms with Gasteiger partial charge in [-0.05, 0) is 45.0 Å². The molecule has 92 valence electrons. The SMILES string of the molecule is CCN(C(=O)c1ccccn1)C1CCNCC1. The standard InChI is InChI=1S/C13H19N3O/c1-2-16(11-6-9-14-10-7-11)13(17)12-5-3-4-8-15-12/h3-5,8,11,14H,2,6-7,9-10H2,1H3.